The SMILES string of the molecule is CCN1CCN(C(=O)C(C)Sc2nnnn2CC(C)C)CC1. The number of nitrogens with zero attached hydrogens (tertiary/aromatic N) is 6. The Hall–Kier alpha value is -1.15. The fourth-order valence-corrected chi connectivity index (χ4v) is 3.37. The number of hydrogen-bond donors (Lipinski definition) is 0. The van der Waals surface area contributed by atoms with E-state index < -0.39 is 0 Å². The van der Waals surface area contributed by atoms with Gasteiger partial charge in [-0.05, 0) is 29.8 Å². The first-order valence-electron chi connectivity index (χ1n) is 7.95. The van der Waals surface area contributed by atoms with Crippen LogP contribution in [-0.4, -0.2) is 73.9 Å². The van der Waals surface area contributed by atoms with Crippen molar-refractivity contribution in [3.8, 4) is 0 Å². The van der Waals surface area contributed by atoms with E-state index in [9.17, 15) is 4.79 Å². The molecule has 1 atom stereocenters. The maximum Gasteiger partial charge on any atom is 0.235 e. The molecule has 8 heteroatoms. The number of thioether (sulfide) groups is 1. The summed E-state index contributed by atoms with van der Waals surface area (Å²) in [6.07, 6.45) is 0. The van der Waals surface area contributed by atoms with Gasteiger partial charge in [0, 0.05) is 32.7 Å². The topological polar surface area (TPSA) is 67.2 Å². The number of hydrogen-bond acceptors (Lipinski definition) is 6. The van der Waals surface area contributed by atoms with Gasteiger partial charge in [0.1, 0.15) is 0 Å². The summed E-state index contributed by atoms with van der Waals surface area (Å²) < 4.78 is 1.79. The van der Waals surface area contributed by atoms with Crippen LogP contribution in [0.2, 0.25) is 0 Å². The van der Waals surface area contributed by atoms with Gasteiger partial charge in [-0.3, -0.25) is 4.79 Å². The highest BCUT2D eigenvalue weighted by atomic mass is 32.2. The van der Waals surface area contributed by atoms with Crippen LogP contribution in [0.1, 0.15) is 27.7 Å². The predicted octanol–water partition coefficient (Wildman–Crippen LogP) is 0.974. The van der Waals surface area contributed by atoms with Crippen molar-refractivity contribution in [2.24, 2.45) is 5.92 Å². The molecular formula is C14H26N6OS. The molecule has 1 aliphatic heterocycles. The maximum atomic E-state index is 12.6. The number of amides is 1. The van der Waals surface area contributed by atoms with Crippen LogP contribution in [0.15, 0.2) is 5.16 Å². The molecule has 0 radical (unpaired) electrons. The number of rotatable bonds is 6. The van der Waals surface area contributed by atoms with E-state index in [0.29, 0.717) is 5.92 Å². The van der Waals surface area contributed by atoms with E-state index >= 15 is 0 Å². The van der Waals surface area contributed by atoms with Crippen LogP contribution in [0.25, 0.3) is 0 Å². The molecule has 0 aromatic carbocycles. The standard InChI is InChI=1S/C14H26N6OS/c1-5-18-6-8-19(9-7-18)13(21)12(4)22-14-15-16-17-20(14)10-11(2)3/h11-12H,5-10H2,1-4H3. The minimum absolute atomic E-state index is 0.162. The predicted molar refractivity (Wildman–Crippen MR) is 86.7 cm³/mol. The minimum atomic E-state index is -0.162. The van der Waals surface area contributed by atoms with E-state index in [4.69, 9.17) is 0 Å². The Bertz CT molecular complexity index is 483. The quantitative estimate of drug-likeness (QED) is 0.726. The summed E-state index contributed by atoms with van der Waals surface area (Å²) in [6.45, 7) is 13.7. The lowest BCUT2D eigenvalue weighted by Crippen LogP contribution is -2.50. The van der Waals surface area contributed by atoms with Crippen LogP contribution in [-0.2, 0) is 11.3 Å². The van der Waals surface area contributed by atoms with Crippen molar-refractivity contribution in [2.75, 3.05) is 32.7 Å². The van der Waals surface area contributed by atoms with Gasteiger partial charge in [-0.2, -0.15) is 0 Å². The van der Waals surface area contributed by atoms with Crippen LogP contribution in [0.3, 0.4) is 0 Å². The zero-order valence-electron chi connectivity index (χ0n) is 13.9. The number of aromatic nitrogens is 4. The second-order valence-corrected chi connectivity index (χ2v) is 7.37. The lowest BCUT2D eigenvalue weighted by atomic mass is 10.2. The number of carbonyl (C=O) groups is 1. The molecule has 1 fully saturated rings. The average Bonchev–Trinajstić information content (AvgIpc) is 2.92. The summed E-state index contributed by atoms with van der Waals surface area (Å²) >= 11 is 1.45. The van der Waals surface area contributed by atoms with E-state index in [0.717, 1.165) is 44.4 Å². The van der Waals surface area contributed by atoms with Crippen molar-refractivity contribution in [3.63, 3.8) is 0 Å². The van der Waals surface area contributed by atoms with E-state index in [-0.39, 0.29) is 11.2 Å². The molecule has 2 heterocycles. The lowest BCUT2D eigenvalue weighted by Gasteiger charge is -2.35. The molecule has 0 N–H and O–H groups in total. The molecule has 1 aliphatic rings. The Labute approximate surface area is 136 Å². The summed E-state index contributed by atoms with van der Waals surface area (Å²) in [5, 5.41) is 12.3. The normalized spacial score (nSPS) is 18.0. The molecule has 124 valence electrons. The summed E-state index contributed by atoms with van der Waals surface area (Å²) in [4.78, 5) is 16.9. The zero-order valence-corrected chi connectivity index (χ0v) is 14.7. The molecule has 1 amide bonds. The van der Waals surface area contributed by atoms with E-state index in [2.05, 4.69) is 41.2 Å². The highest BCUT2D eigenvalue weighted by Crippen LogP contribution is 2.22. The molecule has 0 aliphatic carbocycles. The van der Waals surface area contributed by atoms with E-state index in [1.165, 1.54) is 11.8 Å². The number of tetrazole rings is 1. The molecule has 7 nitrogen and oxygen atoms in total. The van der Waals surface area contributed by atoms with Gasteiger partial charge < -0.3 is 9.80 Å². The number of carbonyl (C=O) groups excluding carboxylic acids is 1. The molecule has 22 heavy (non-hydrogen) atoms. The molecule has 1 aromatic heterocycles. The third kappa shape index (κ3) is 4.42. The Morgan fingerprint density at radius 1 is 1.23 bits per heavy atom. The molecule has 2 rings (SSSR count). The van der Waals surface area contributed by atoms with Crippen molar-refractivity contribution in [2.45, 2.75) is 44.6 Å². The van der Waals surface area contributed by atoms with Gasteiger partial charge in [-0.15, -0.1) is 5.10 Å². The summed E-state index contributed by atoms with van der Waals surface area (Å²) in [7, 11) is 0. The molecular weight excluding hydrogens is 300 g/mol. The van der Waals surface area contributed by atoms with Gasteiger partial charge in [0.15, 0.2) is 0 Å². The Morgan fingerprint density at radius 2 is 1.91 bits per heavy atom. The fraction of sp³-hybridized carbons (Fsp3) is 0.857. The Kier molecular flexibility index (Phi) is 6.19. The molecule has 1 unspecified atom stereocenters. The van der Waals surface area contributed by atoms with Gasteiger partial charge in [-0.25, -0.2) is 4.68 Å². The summed E-state index contributed by atoms with van der Waals surface area (Å²) in [5.41, 5.74) is 0. The van der Waals surface area contributed by atoms with Gasteiger partial charge in [0.05, 0.1) is 5.25 Å². The third-order valence-corrected chi connectivity index (χ3v) is 4.86. The smallest absolute Gasteiger partial charge is 0.235 e. The first-order chi connectivity index (χ1) is 10.5. The van der Waals surface area contributed by atoms with Crippen LogP contribution in [0.4, 0.5) is 0 Å². The van der Waals surface area contributed by atoms with Gasteiger partial charge in [0.2, 0.25) is 11.1 Å². The Morgan fingerprint density at radius 3 is 2.50 bits per heavy atom. The molecule has 1 saturated heterocycles. The second kappa shape index (κ2) is 7.92. The molecule has 0 saturated carbocycles. The monoisotopic (exact) mass is 326 g/mol. The highest BCUT2D eigenvalue weighted by molar-refractivity contribution is 8.00. The maximum absolute atomic E-state index is 12.6. The number of likely N-dealkylation sites (N-methyl/N-ethyl adjacent to an activating group) is 1. The van der Waals surface area contributed by atoms with Crippen molar-refractivity contribution in [1.82, 2.24) is 30.0 Å². The van der Waals surface area contributed by atoms with Gasteiger partial charge in [0.25, 0.3) is 0 Å². The van der Waals surface area contributed by atoms with Crippen LogP contribution >= 0.6 is 11.8 Å². The molecule has 0 bridgehead atoms. The van der Waals surface area contributed by atoms with E-state index in [1.54, 1.807) is 4.68 Å². The van der Waals surface area contributed by atoms with Crippen molar-refractivity contribution in [1.29, 1.82) is 0 Å². The van der Waals surface area contributed by atoms with E-state index in [1.807, 2.05) is 11.8 Å². The lowest BCUT2D eigenvalue weighted by molar-refractivity contribution is -0.132. The van der Waals surface area contributed by atoms with Crippen LogP contribution < -0.4 is 0 Å². The number of piperazine rings is 1. The first-order valence-corrected chi connectivity index (χ1v) is 8.83. The summed E-state index contributed by atoms with van der Waals surface area (Å²) in [6, 6.07) is 0. The van der Waals surface area contributed by atoms with Gasteiger partial charge >= 0.3 is 0 Å². The third-order valence-electron chi connectivity index (χ3n) is 3.80. The first kappa shape index (κ1) is 17.2. The Balaban J connectivity index is 1.90. The molecule has 0 spiro atoms. The average molecular weight is 326 g/mol. The largest absolute Gasteiger partial charge is 0.339 e. The van der Waals surface area contributed by atoms with Crippen molar-refractivity contribution in [3.05, 3.63) is 0 Å². The fourth-order valence-electron chi connectivity index (χ4n) is 2.49. The summed E-state index contributed by atoms with van der Waals surface area (Å²) in [5.74, 6) is 0.649. The second-order valence-electron chi connectivity index (χ2n) is 6.06. The highest BCUT2D eigenvalue weighted by Gasteiger charge is 2.26. The molecule has 1 aromatic rings. The van der Waals surface area contributed by atoms with Crippen molar-refractivity contribution < 1.29 is 4.79 Å². The minimum Gasteiger partial charge on any atom is -0.339 e. The van der Waals surface area contributed by atoms with Crippen molar-refractivity contribution >= 4 is 17.7 Å². The van der Waals surface area contributed by atoms with Crippen LogP contribution in [0.5, 0.6) is 0 Å². The van der Waals surface area contributed by atoms with Crippen LogP contribution in [0, 0.1) is 5.92 Å². The zero-order chi connectivity index (χ0) is 16.1. The van der Waals surface area contributed by atoms with Gasteiger partial charge in [-0.1, -0.05) is 32.5 Å².